The van der Waals surface area contributed by atoms with Gasteiger partial charge in [-0.15, -0.1) is 0 Å². The van der Waals surface area contributed by atoms with Gasteiger partial charge in [-0.3, -0.25) is 4.90 Å². The highest BCUT2D eigenvalue weighted by Gasteiger charge is 2.49. The van der Waals surface area contributed by atoms with Crippen molar-refractivity contribution in [3.8, 4) is 5.75 Å². The van der Waals surface area contributed by atoms with Crippen molar-refractivity contribution in [2.45, 2.75) is 37.3 Å². The Morgan fingerprint density at radius 1 is 1.09 bits per heavy atom. The van der Waals surface area contributed by atoms with Gasteiger partial charge in [0.15, 0.2) is 0 Å². The minimum absolute atomic E-state index is 0.0201. The van der Waals surface area contributed by atoms with Crippen molar-refractivity contribution in [2.24, 2.45) is 0 Å². The third-order valence-electron chi connectivity index (χ3n) is 6.94. The normalized spacial score (nSPS) is 23.3. The topological polar surface area (TPSA) is 48.1 Å². The van der Waals surface area contributed by atoms with Crippen LogP contribution in [0, 0.1) is 0 Å². The molecule has 0 aliphatic carbocycles. The van der Waals surface area contributed by atoms with Gasteiger partial charge in [0.25, 0.3) is 0 Å². The number of fused-ring (bicyclic) bond motifs is 1. The summed E-state index contributed by atoms with van der Waals surface area (Å²) in [7, 11) is 5.93. The van der Waals surface area contributed by atoms with Gasteiger partial charge in [-0.1, -0.05) is 28.1 Å². The number of benzene rings is 2. The number of nitrogens with one attached hydrogen (secondary N) is 1. The first-order chi connectivity index (χ1) is 16.0. The first kappa shape index (κ1) is 24.0. The zero-order valence-corrected chi connectivity index (χ0v) is 21.4. The summed E-state index contributed by atoms with van der Waals surface area (Å²) >= 11 is 3.57. The SMILES string of the molecule is COc1ccc(NC(=O)N2CCCCN3[C@H](CCN(C)C)[C@H](c4ccc(Br)cc4)[C@@H]3C2)cc1. The first-order valence-corrected chi connectivity index (χ1v) is 12.6. The molecule has 0 spiro atoms. The third kappa shape index (κ3) is 5.70. The molecular formula is C26H35BrN4O2. The van der Waals surface area contributed by atoms with Crippen LogP contribution < -0.4 is 10.1 Å². The molecule has 33 heavy (non-hydrogen) atoms. The van der Waals surface area contributed by atoms with E-state index < -0.39 is 0 Å². The van der Waals surface area contributed by atoms with Crippen molar-refractivity contribution in [3.05, 3.63) is 58.6 Å². The Hall–Kier alpha value is -2.09. The van der Waals surface area contributed by atoms with Crippen LogP contribution in [0.1, 0.15) is 30.7 Å². The lowest BCUT2D eigenvalue weighted by molar-refractivity contribution is -0.0411. The Bertz CT molecular complexity index is 919. The smallest absolute Gasteiger partial charge is 0.321 e. The van der Waals surface area contributed by atoms with Crippen LogP contribution in [0.3, 0.4) is 0 Å². The van der Waals surface area contributed by atoms with E-state index in [2.05, 4.69) is 69.4 Å². The predicted octanol–water partition coefficient (Wildman–Crippen LogP) is 4.87. The fourth-order valence-electron chi connectivity index (χ4n) is 5.20. The van der Waals surface area contributed by atoms with Crippen molar-refractivity contribution >= 4 is 27.6 Å². The zero-order valence-electron chi connectivity index (χ0n) is 19.8. The average molecular weight is 515 g/mol. The molecule has 2 fully saturated rings. The zero-order chi connectivity index (χ0) is 23.4. The fraction of sp³-hybridized carbons (Fsp3) is 0.500. The molecule has 0 aromatic heterocycles. The number of carbonyl (C=O) groups excluding carboxylic acids is 1. The monoisotopic (exact) mass is 514 g/mol. The second-order valence-electron chi connectivity index (χ2n) is 9.35. The maximum atomic E-state index is 13.2. The van der Waals surface area contributed by atoms with E-state index in [0.717, 1.165) is 61.4 Å². The quantitative estimate of drug-likeness (QED) is 0.597. The van der Waals surface area contributed by atoms with Crippen molar-refractivity contribution in [3.63, 3.8) is 0 Å². The van der Waals surface area contributed by atoms with Crippen LogP contribution in [0.5, 0.6) is 5.75 Å². The molecule has 178 valence electrons. The summed E-state index contributed by atoms with van der Waals surface area (Å²) in [5, 5.41) is 3.08. The number of halogens is 1. The maximum Gasteiger partial charge on any atom is 0.321 e. The first-order valence-electron chi connectivity index (χ1n) is 11.8. The number of ether oxygens (including phenoxy) is 1. The summed E-state index contributed by atoms with van der Waals surface area (Å²) in [5.74, 6) is 1.22. The van der Waals surface area contributed by atoms with E-state index in [1.807, 2.05) is 29.2 Å². The Kier molecular flexibility index (Phi) is 7.94. The molecule has 0 bridgehead atoms. The van der Waals surface area contributed by atoms with Gasteiger partial charge in [-0.2, -0.15) is 0 Å². The van der Waals surface area contributed by atoms with Crippen LogP contribution >= 0.6 is 15.9 Å². The standard InChI is InChI=1S/C26H35BrN4O2/c1-29(2)17-14-23-25(19-6-8-20(27)9-7-19)24-18-30(15-4-5-16-31(23)24)26(32)28-21-10-12-22(33-3)13-11-21/h6-13,23-25H,4-5,14-18H2,1-3H3,(H,28,32)/t23-,24+,25+/m1/s1. The van der Waals surface area contributed by atoms with Gasteiger partial charge < -0.3 is 19.9 Å². The molecule has 2 heterocycles. The van der Waals surface area contributed by atoms with E-state index >= 15 is 0 Å². The van der Waals surface area contributed by atoms with E-state index in [4.69, 9.17) is 4.74 Å². The van der Waals surface area contributed by atoms with Gasteiger partial charge >= 0.3 is 6.03 Å². The minimum atomic E-state index is -0.0201. The Morgan fingerprint density at radius 2 is 1.79 bits per heavy atom. The Labute approximate surface area is 206 Å². The number of amides is 2. The van der Waals surface area contributed by atoms with E-state index in [0.29, 0.717) is 18.0 Å². The third-order valence-corrected chi connectivity index (χ3v) is 7.47. The molecule has 2 aliphatic heterocycles. The Morgan fingerprint density at radius 3 is 2.45 bits per heavy atom. The van der Waals surface area contributed by atoms with Crippen LogP contribution in [-0.2, 0) is 0 Å². The van der Waals surface area contributed by atoms with Gasteiger partial charge in [-0.05, 0) is 88.4 Å². The number of rotatable bonds is 6. The molecule has 2 aliphatic rings. The molecule has 2 saturated heterocycles. The molecule has 1 N–H and O–H groups in total. The molecular weight excluding hydrogens is 480 g/mol. The molecule has 2 aromatic carbocycles. The molecule has 6 nitrogen and oxygen atoms in total. The summed E-state index contributed by atoms with van der Waals surface area (Å²) < 4.78 is 6.33. The highest BCUT2D eigenvalue weighted by molar-refractivity contribution is 9.10. The second kappa shape index (κ2) is 10.9. The van der Waals surface area contributed by atoms with Gasteiger partial charge in [0.05, 0.1) is 7.11 Å². The summed E-state index contributed by atoms with van der Waals surface area (Å²) in [5.41, 5.74) is 2.17. The highest BCUT2D eigenvalue weighted by Crippen LogP contribution is 2.44. The number of anilines is 1. The van der Waals surface area contributed by atoms with Crippen LogP contribution in [0.2, 0.25) is 0 Å². The van der Waals surface area contributed by atoms with Crippen LogP contribution in [0.4, 0.5) is 10.5 Å². The lowest BCUT2D eigenvalue weighted by atomic mass is 9.72. The number of hydrogen-bond donors (Lipinski definition) is 1. The summed E-state index contributed by atoms with van der Waals surface area (Å²) in [4.78, 5) is 20.1. The molecule has 0 unspecified atom stereocenters. The number of methoxy groups -OCH3 is 1. The molecule has 0 saturated carbocycles. The van der Waals surface area contributed by atoms with Crippen molar-refractivity contribution < 1.29 is 9.53 Å². The summed E-state index contributed by atoms with van der Waals surface area (Å²) in [6, 6.07) is 17.1. The van der Waals surface area contributed by atoms with Crippen LogP contribution in [0.15, 0.2) is 53.0 Å². The summed E-state index contributed by atoms with van der Waals surface area (Å²) in [6.07, 6.45) is 3.29. The minimum Gasteiger partial charge on any atom is -0.497 e. The fourth-order valence-corrected chi connectivity index (χ4v) is 5.47. The van der Waals surface area contributed by atoms with E-state index in [1.165, 1.54) is 5.56 Å². The van der Waals surface area contributed by atoms with Crippen molar-refractivity contribution in [2.75, 3.05) is 52.7 Å². The van der Waals surface area contributed by atoms with Gasteiger partial charge in [0.1, 0.15) is 5.75 Å². The summed E-state index contributed by atoms with van der Waals surface area (Å²) in [6.45, 7) is 3.73. The van der Waals surface area contributed by atoms with Crippen molar-refractivity contribution in [1.82, 2.24) is 14.7 Å². The number of nitrogens with zero attached hydrogens (tertiary/aromatic N) is 3. The van der Waals surface area contributed by atoms with E-state index in [1.54, 1.807) is 7.11 Å². The van der Waals surface area contributed by atoms with Crippen molar-refractivity contribution in [1.29, 1.82) is 0 Å². The average Bonchev–Trinajstić information content (AvgIpc) is 2.79. The lowest BCUT2D eigenvalue weighted by Gasteiger charge is -2.58. The molecule has 0 radical (unpaired) electrons. The maximum absolute atomic E-state index is 13.2. The molecule has 3 atom stereocenters. The predicted molar refractivity (Wildman–Crippen MR) is 137 cm³/mol. The highest BCUT2D eigenvalue weighted by atomic mass is 79.9. The lowest BCUT2D eigenvalue weighted by Crippen LogP contribution is -2.67. The molecule has 4 rings (SSSR count). The Balaban J connectivity index is 1.51. The van der Waals surface area contributed by atoms with Gasteiger partial charge in [-0.25, -0.2) is 4.79 Å². The largest absolute Gasteiger partial charge is 0.497 e. The van der Waals surface area contributed by atoms with Gasteiger partial charge in [0.2, 0.25) is 0 Å². The van der Waals surface area contributed by atoms with Crippen LogP contribution in [-0.4, -0.2) is 80.2 Å². The molecule has 2 amide bonds. The van der Waals surface area contributed by atoms with Gasteiger partial charge in [0, 0.05) is 41.3 Å². The molecule has 7 heteroatoms. The molecule has 2 aromatic rings. The van der Waals surface area contributed by atoms with Crippen LogP contribution in [0.25, 0.3) is 0 Å². The number of carbonyl (C=O) groups is 1. The number of hydrogen-bond acceptors (Lipinski definition) is 4. The van der Waals surface area contributed by atoms with E-state index in [-0.39, 0.29) is 6.03 Å². The number of urea groups is 1. The second-order valence-corrected chi connectivity index (χ2v) is 10.3. The van der Waals surface area contributed by atoms with E-state index in [9.17, 15) is 4.79 Å².